The minimum absolute atomic E-state index is 0.0146. The molecular formula is C68H86F3N3O18S. The maximum absolute atomic E-state index is 13.5. The van der Waals surface area contributed by atoms with Crippen molar-refractivity contribution < 1.29 is 93.9 Å². The van der Waals surface area contributed by atoms with Gasteiger partial charge in [0.2, 0.25) is 5.91 Å². The van der Waals surface area contributed by atoms with Crippen molar-refractivity contribution in [3.63, 3.8) is 0 Å². The number of phenols is 1. The Morgan fingerprint density at radius 1 is 0.613 bits per heavy atom. The van der Waals surface area contributed by atoms with Crippen LogP contribution in [-0.2, 0) is 84.0 Å². The van der Waals surface area contributed by atoms with Gasteiger partial charge in [-0.3, -0.25) is 9.59 Å². The third kappa shape index (κ3) is 29.2. The van der Waals surface area contributed by atoms with Crippen LogP contribution in [-0.4, -0.2) is 187 Å². The van der Waals surface area contributed by atoms with Gasteiger partial charge in [-0.15, -0.1) is 0 Å². The van der Waals surface area contributed by atoms with Gasteiger partial charge in [0, 0.05) is 59.8 Å². The molecule has 4 aromatic carbocycles. The number of benzene rings is 5. The van der Waals surface area contributed by atoms with Crippen molar-refractivity contribution in [2.45, 2.75) is 57.4 Å². The second kappa shape index (κ2) is 44.0. The van der Waals surface area contributed by atoms with Crippen LogP contribution in [0.15, 0.2) is 118 Å². The highest BCUT2D eigenvalue weighted by molar-refractivity contribution is 7.80. The number of aryl methyl sites for hydroxylation is 1. The van der Waals surface area contributed by atoms with Gasteiger partial charge in [0.15, 0.2) is 10.5 Å². The van der Waals surface area contributed by atoms with Crippen LogP contribution >= 0.6 is 12.2 Å². The summed E-state index contributed by atoms with van der Waals surface area (Å²) in [4.78, 5) is 41.4. The monoisotopic (exact) mass is 1320 g/mol. The van der Waals surface area contributed by atoms with E-state index >= 15 is 0 Å². The lowest BCUT2D eigenvalue weighted by Gasteiger charge is -2.38. The van der Waals surface area contributed by atoms with E-state index in [-0.39, 0.29) is 47.8 Å². The number of thiocarbonyl (C=S) groups is 1. The second-order valence-corrected chi connectivity index (χ2v) is 21.7. The first-order valence-corrected chi connectivity index (χ1v) is 31.5. The Kier molecular flexibility index (Phi) is 35.6. The van der Waals surface area contributed by atoms with Crippen molar-refractivity contribution in [1.82, 2.24) is 10.6 Å². The van der Waals surface area contributed by atoms with Crippen molar-refractivity contribution >= 4 is 46.0 Å². The maximum atomic E-state index is 13.5. The smallest absolute Gasteiger partial charge is 0.416 e. The van der Waals surface area contributed by atoms with Gasteiger partial charge in [-0.2, -0.15) is 22.8 Å². The fourth-order valence-corrected chi connectivity index (χ4v) is 10.5. The number of fused-ring (bicyclic) bond motifs is 2. The van der Waals surface area contributed by atoms with Gasteiger partial charge in [-0.05, 0) is 103 Å². The fourth-order valence-electron chi connectivity index (χ4n) is 10.3. The molecule has 1 saturated carbocycles. The minimum atomic E-state index is -4.43. The number of nitrogens with one attached hydrogen (secondary N) is 3. The molecule has 2 aliphatic carbocycles. The van der Waals surface area contributed by atoms with Crippen LogP contribution in [0.5, 0.6) is 5.75 Å². The first-order valence-electron chi connectivity index (χ1n) is 31.1. The van der Waals surface area contributed by atoms with Crippen LogP contribution in [0.4, 0.5) is 18.9 Å². The van der Waals surface area contributed by atoms with Crippen LogP contribution < -0.4 is 21.4 Å². The van der Waals surface area contributed by atoms with Crippen molar-refractivity contribution in [3.8, 4) is 28.2 Å². The summed E-state index contributed by atoms with van der Waals surface area (Å²) in [6, 6.07) is 31.4. The lowest BCUT2D eigenvalue weighted by Crippen LogP contribution is -2.37. The first-order chi connectivity index (χ1) is 45.3. The van der Waals surface area contributed by atoms with Crippen molar-refractivity contribution in [3.05, 3.63) is 142 Å². The molecule has 7 rings (SSSR count). The van der Waals surface area contributed by atoms with E-state index in [1.54, 1.807) is 37.3 Å². The minimum Gasteiger partial charge on any atom is -0.508 e. The highest BCUT2D eigenvalue weighted by Gasteiger charge is 2.37. The Morgan fingerprint density at radius 3 is 1.63 bits per heavy atom. The number of amides is 1. The van der Waals surface area contributed by atoms with Gasteiger partial charge in [-0.1, -0.05) is 60.5 Å². The summed E-state index contributed by atoms with van der Waals surface area (Å²) in [6.07, 6.45) is -1.65. The third-order valence-electron chi connectivity index (χ3n) is 14.5. The number of ether oxygens (including phenoxy) is 12. The van der Waals surface area contributed by atoms with Crippen LogP contribution in [0.25, 0.3) is 33.4 Å². The molecule has 0 aromatic heterocycles. The zero-order chi connectivity index (χ0) is 66.1. The van der Waals surface area contributed by atoms with E-state index in [1.807, 2.05) is 54.6 Å². The van der Waals surface area contributed by atoms with Crippen molar-refractivity contribution in [1.29, 1.82) is 0 Å². The van der Waals surface area contributed by atoms with Gasteiger partial charge in [-0.25, -0.2) is 0 Å². The number of anilines is 1. The Balaban J connectivity index is 0.00000448. The SMILES string of the molecule is Cc1cc(CO[C@H]2CCCC(CC(=O)NCCOCCOCCOCCOCCOCCOCCOCCOCCOCCOCCOCCNC(=S)Nc3ccc(-c4c5ccc(=O)cc-5oc5cc(O)ccc45)cc3)C2c2ccccc2)cc(C(F)(F)F)c1.O=C=O. The number of hydrogen-bond donors (Lipinski definition) is 4. The molecule has 508 valence electrons. The molecular weight excluding hydrogens is 1240 g/mol. The molecule has 1 amide bonds. The second-order valence-electron chi connectivity index (χ2n) is 21.3. The van der Waals surface area contributed by atoms with E-state index < -0.39 is 11.7 Å². The summed E-state index contributed by atoms with van der Waals surface area (Å²) in [5.74, 6) is 0.384. The average molecular weight is 1320 g/mol. The van der Waals surface area contributed by atoms with Gasteiger partial charge >= 0.3 is 12.3 Å². The number of halogens is 3. The first kappa shape index (κ1) is 75.3. The summed E-state index contributed by atoms with van der Waals surface area (Å²) < 4.78 is 114. The molecule has 1 aliphatic heterocycles. The molecule has 1 fully saturated rings. The Morgan fingerprint density at radius 2 is 1.12 bits per heavy atom. The van der Waals surface area contributed by atoms with E-state index in [1.165, 1.54) is 12.1 Å². The molecule has 4 aromatic rings. The molecule has 2 unspecified atom stereocenters. The van der Waals surface area contributed by atoms with Gasteiger partial charge in [0.25, 0.3) is 0 Å². The fraction of sp³-hybridized carbons (Fsp3) is 0.500. The molecule has 0 spiro atoms. The van der Waals surface area contributed by atoms with E-state index in [2.05, 4.69) is 16.0 Å². The Hall–Kier alpha value is -6.78. The van der Waals surface area contributed by atoms with E-state index in [9.17, 15) is 27.9 Å². The number of hydrogen-bond acceptors (Lipinski definition) is 19. The summed E-state index contributed by atoms with van der Waals surface area (Å²) in [5.41, 5.74) is 5.10. The zero-order valence-corrected chi connectivity index (χ0v) is 53.4. The average Bonchev–Trinajstić information content (AvgIpc) is 0.774. The van der Waals surface area contributed by atoms with Crippen LogP contribution in [0.3, 0.4) is 0 Å². The topological polar surface area (TPSA) is 248 Å². The molecule has 0 radical (unpaired) electrons. The van der Waals surface area contributed by atoms with E-state index in [0.717, 1.165) is 64.7 Å². The predicted octanol–water partition coefficient (Wildman–Crippen LogP) is 9.16. The Bertz CT molecular complexity index is 3140. The number of carbonyl (C=O) groups excluding carboxylic acids is 3. The lowest BCUT2D eigenvalue weighted by molar-refractivity contribution is -0.191. The Labute approximate surface area is 545 Å². The van der Waals surface area contributed by atoms with Crippen molar-refractivity contribution in [2.24, 2.45) is 5.92 Å². The summed E-state index contributed by atoms with van der Waals surface area (Å²) in [6.45, 7) is 12.1. The van der Waals surface area contributed by atoms with E-state index in [4.69, 9.17) is 83.1 Å². The van der Waals surface area contributed by atoms with Crippen LogP contribution in [0, 0.1) is 12.8 Å². The molecule has 93 heavy (non-hydrogen) atoms. The highest BCUT2D eigenvalue weighted by atomic mass is 32.1. The number of phenolic OH excluding ortho intramolecular Hbond substituents is 1. The quantitative estimate of drug-likeness (QED) is 0.0158. The zero-order valence-electron chi connectivity index (χ0n) is 52.6. The van der Waals surface area contributed by atoms with Gasteiger partial charge in [0.05, 0.1) is 164 Å². The molecule has 25 heteroatoms. The largest absolute Gasteiger partial charge is 0.508 e. The highest BCUT2D eigenvalue weighted by Crippen LogP contribution is 2.43. The third-order valence-corrected chi connectivity index (χ3v) is 14.7. The van der Waals surface area contributed by atoms with E-state index in [0.29, 0.717) is 192 Å². The summed E-state index contributed by atoms with van der Waals surface area (Å²) in [7, 11) is 0. The number of rotatable bonds is 44. The molecule has 3 atom stereocenters. The molecule has 0 saturated heterocycles. The molecule has 21 nitrogen and oxygen atoms in total. The molecule has 3 aliphatic rings. The maximum Gasteiger partial charge on any atom is 0.416 e. The molecule has 0 bridgehead atoms. The summed E-state index contributed by atoms with van der Waals surface area (Å²) in [5, 5.41) is 20.6. The van der Waals surface area contributed by atoms with Gasteiger partial charge in [0.1, 0.15) is 17.1 Å². The molecule has 4 N–H and O–H groups in total. The van der Waals surface area contributed by atoms with Crippen LogP contribution in [0.2, 0.25) is 0 Å². The standard InChI is InChI=1S/C67H86F3N3O16S.CO2/c1-49-42-50(44-54(43-49)67(68,69)70)48-88-60-9-5-8-53(64(60)51-6-3-2-4-7-51)45-63(76)71-18-20-77-22-24-79-26-28-81-30-32-83-34-36-85-38-40-87-41-39-86-37-35-84-33-31-82-29-27-80-25-23-78-21-19-72-66(90)73-55-12-10-52(11-13-55)65-58-16-14-56(74)46-61(58)89-62-47-57(75)15-17-59(62)65;2-1-3/h2-4,6-7,10-17,42-44,46-47,53,60,64,74H,5,8-9,18-41,45,48H2,1H3,(H,71,76)(H2,72,73,90);/t53?,60-,64?;/m0./s1. The number of aromatic hydroxyl groups is 1. The van der Waals surface area contributed by atoms with Crippen molar-refractivity contribution in [2.75, 3.05) is 164 Å². The lowest BCUT2D eigenvalue weighted by atomic mass is 9.72. The number of carbonyl (C=O) groups is 1. The van der Waals surface area contributed by atoms with Gasteiger partial charge < -0.3 is 82.3 Å². The number of alkyl halides is 3. The normalized spacial score (nSPS) is 14.8. The van der Waals surface area contributed by atoms with Crippen LogP contribution in [0.1, 0.15) is 53.9 Å². The predicted molar refractivity (Wildman–Crippen MR) is 343 cm³/mol. The molecule has 1 heterocycles. The summed E-state index contributed by atoms with van der Waals surface area (Å²) >= 11 is 5.47.